The molecule has 9 heteroatoms. The molecule has 0 saturated carbocycles. The number of amides is 1. The van der Waals surface area contributed by atoms with Gasteiger partial charge >= 0.3 is 0 Å². The Hall–Kier alpha value is -2.62. The average Bonchev–Trinajstić information content (AvgIpc) is 3.11. The third-order valence-corrected chi connectivity index (χ3v) is 8.39. The van der Waals surface area contributed by atoms with Crippen LogP contribution in [0.2, 0.25) is 0 Å². The highest BCUT2D eigenvalue weighted by atomic mass is 32.9. The van der Waals surface area contributed by atoms with Crippen molar-refractivity contribution in [1.29, 1.82) is 0 Å². The maximum atomic E-state index is 13.6. The minimum Gasteiger partial charge on any atom is -0.494 e. The first-order chi connectivity index (χ1) is 14.3. The summed E-state index contributed by atoms with van der Waals surface area (Å²) in [4.78, 5) is 27.2. The largest absolute Gasteiger partial charge is 0.494 e. The Kier molecular flexibility index (Phi) is 5.21. The number of hydrogen-bond acceptors (Lipinski definition) is 7. The van der Waals surface area contributed by atoms with Gasteiger partial charge in [-0.2, -0.15) is 0 Å². The van der Waals surface area contributed by atoms with E-state index >= 15 is 0 Å². The molecule has 0 unspecified atom stereocenters. The molecule has 154 valence electrons. The van der Waals surface area contributed by atoms with Crippen molar-refractivity contribution < 1.29 is 14.5 Å². The Balaban J connectivity index is 1.89. The summed E-state index contributed by atoms with van der Waals surface area (Å²) in [6.07, 6.45) is 0. The van der Waals surface area contributed by atoms with E-state index in [9.17, 15) is 14.9 Å². The zero-order valence-corrected chi connectivity index (χ0v) is 19.0. The van der Waals surface area contributed by atoms with Gasteiger partial charge in [-0.25, -0.2) is 0 Å². The average molecular weight is 459 g/mol. The fourth-order valence-corrected chi connectivity index (χ4v) is 6.97. The van der Waals surface area contributed by atoms with E-state index < -0.39 is 10.5 Å². The molecule has 0 atom stereocenters. The van der Waals surface area contributed by atoms with Crippen LogP contribution in [0.4, 0.5) is 11.4 Å². The van der Waals surface area contributed by atoms with Crippen LogP contribution in [-0.4, -0.2) is 17.4 Å². The van der Waals surface area contributed by atoms with E-state index in [1.807, 2.05) is 20.8 Å². The van der Waals surface area contributed by atoms with Crippen LogP contribution in [-0.2, 0) is 5.54 Å². The summed E-state index contributed by atoms with van der Waals surface area (Å²) in [6, 6.07) is 11.6. The van der Waals surface area contributed by atoms with Crippen molar-refractivity contribution in [2.24, 2.45) is 0 Å². The lowest BCUT2D eigenvalue weighted by atomic mass is 9.86. The summed E-state index contributed by atoms with van der Waals surface area (Å²) in [5, 5.41) is 11.4. The fraction of sp³-hybridized carbons (Fsp3) is 0.238. The van der Waals surface area contributed by atoms with Gasteiger partial charge in [0.05, 0.1) is 27.6 Å². The Morgan fingerprint density at radius 2 is 1.90 bits per heavy atom. The van der Waals surface area contributed by atoms with Gasteiger partial charge in [-0.3, -0.25) is 19.8 Å². The number of nitrogens with zero attached hydrogens (tertiary/aromatic N) is 2. The predicted molar refractivity (Wildman–Crippen MR) is 123 cm³/mol. The van der Waals surface area contributed by atoms with E-state index in [1.54, 1.807) is 35.2 Å². The van der Waals surface area contributed by atoms with Crippen LogP contribution in [0.15, 0.2) is 42.5 Å². The van der Waals surface area contributed by atoms with Gasteiger partial charge in [-0.1, -0.05) is 32.9 Å². The number of carbonyl (C=O) groups is 1. The topological polar surface area (TPSA) is 72.7 Å². The van der Waals surface area contributed by atoms with Crippen LogP contribution < -0.4 is 9.64 Å². The molecule has 0 saturated heterocycles. The van der Waals surface area contributed by atoms with Crippen molar-refractivity contribution in [3.63, 3.8) is 0 Å². The maximum absolute atomic E-state index is 13.6. The number of nitro benzene ring substituents is 1. The summed E-state index contributed by atoms with van der Waals surface area (Å²) in [5.74, 6) is 0.509. The van der Waals surface area contributed by atoms with Gasteiger partial charge in [-0.15, -0.1) is 0 Å². The Bertz CT molecular complexity index is 1210. The molecule has 2 aromatic carbocycles. The molecule has 3 aromatic rings. The lowest BCUT2D eigenvalue weighted by molar-refractivity contribution is -0.384. The molecule has 0 aliphatic carbocycles. The fourth-order valence-electron chi connectivity index (χ4n) is 3.68. The molecule has 4 rings (SSSR count). The second-order valence-corrected chi connectivity index (χ2v) is 10.1. The molecule has 0 spiro atoms. The van der Waals surface area contributed by atoms with Crippen molar-refractivity contribution in [2.75, 3.05) is 11.5 Å². The van der Waals surface area contributed by atoms with Crippen molar-refractivity contribution in [2.45, 2.75) is 26.3 Å². The maximum Gasteiger partial charge on any atom is 0.270 e. The van der Waals surface area contributed by atoms with E-state index in [4.69, 9.17) is 17.0 Å². The molecule has 1 aromatic heterocycles. The van der Waals surface area contributed by atoms with Gasteiger partial charge < -0.3 is 4.74 Å². The highest BCUT2D eigenvalue weighted by Crippen LogP contribution is 2.53. The number of anilines is 1. The first-order valence-corrected chi connectivity index (χ1v) is 11.8. The number of rotatable bonds is 4. The predicted octanol–water partition coefficient (Wildman–Crippen LogP) is 6.41. The molecule has 30 heavy (non-hydrogen) atoms. The molecule has 0 fully saturated rings. The first-order valence-electron chi connectivity index (χ1n) is 9.25. The second-order valence-electron chi connectivity index (χ2n) is 7.27. The lowest BCUT2D eigenvalue weighted by Gasteiger charge is -2.42. The number of carbonyl (C=O) groups excluding carboxylic acids is 1. The molecule has 0 bridgehead atoms. The summed E-state index contributed by atoms with van der Waals surface area (Å²) < 4.78 is 6.15. The van der Waals surface area contributed by atoms with Gasteiger partial charge in [0.2, 0.25) is 0 Å². The molecule has 1 amide bonds. The summed E-state index contributed by atoms with van der Waals surface area (Å²) in [5.41, 5.74) is 1.89. The van der Waals surface area contributed by atoms with Gasteiger partial charge in [0.25, 0.3) is 11.6 Å². The molecular formula is C21H18N2O4S3. The summed E-state index contributed by atoms with van der Waals surface area (Å²) in [7, 11) is 2.97. The van der Waals surface area contributed by atoms with Crippen LogP contribution in [0, 0.1) is 13.9 Å². The quantitative estimate of drug-likeness (QED) is 0.195. The highest BCUT2D eigenvalue weighted by molar-refractivity contribution is 7.80. The van der Waals surface area contributed by atoms with Gasteiger partial charge in [-0.05, 0) is 51.1 Å². The highest BCUT2D eigenvalue weighted by Gasteiger charge is 2.43. The zero-order chi connectivity index (χ0) is 21.6. The first kappa shape index (κ1) is 20.6. The van der Waals surface area contributed by atoms with Gasteiger partial charge in [0, 0.05) is 28.8 Å². The number of hydrogen-bond donors (Lipinski definition) is 0. The number of benzene rings is 2. The summed E-state index contributed by atoms with van der Waals surface area (Å²) in [6.45, 7) is 6.39. The minimum absolute atomic E-state index is 0.0292. The van der Waals surface area contributed by atoms with Crippen molar-refractivity contribution >= 4 is 50.2 Å². The smallest absolute Gasteiger partial charge is 0.270 e. The molecule has 0 radical (unpaired) electrons. The molecule has 1 aliphatic rings. The van der Waals surface area contributed by atoms with Crippen LogP contribution in [0.25, 0.3) is 11.1 Å². The monoisotopic (exact) mass is 458 g/mol. The van der Waals surface area contributed by atoms with E-state index in [1.165, 1.54) is 32.8 Å². The third-order valence-electron chi connectivity index (χ3n) is 5.06. The van der Waals surface area contributed by atoms with E-state index in [2.05, 4.69) is 0 Å². The SMILES string of the molecule is CCOc1ccc(C(=O)N2c3ccc([N+](=O)[O-])cc3-c3c(ssc3=S)C2(C)C)cc1. The number of non-ortho nitro benzene ring substituents is 1. The molecule has 1 aliphatic heterocycles. The van der Waals surface area contributed by atoms with Gasteiger partial charge in [0.1, 0.15) is 9.57 Å². The molecule has 2 heterocycles. The number of fused-ring (bicyclic) bond motifs is 3. The van der Waals surface area contributed by atoms with E-state index in [0.29, 0.717) is 33.0 Å². The van der Waals surface area contributed by atoms with Crippen molar-refractivity contribution in [1.82, 2.24) is 0 Å². The zero-order valence-electron chi connectivity index (χ0n) is 16.5. The van der Waals surface area contributed by atoms with Gasteiger partial charge in [0.15, 0.2) is 0 Å². The Morgan fingerprint density at radius 3 is 2.53 bits per heavy atom. The van der Waals surface area contributed by atoms with Crippen LogP contribution >= 0.6 is 32.9 Å². The lowest BCUT2D eigenvalue weighted by Crippen LogP contribution is -2.47. The Labute approximate surface area is 185 Å². The molecule has 6 nitrogen and oxygen atoms in total. The van der Waals surface area contributed by atoms with Crippen LogP contribution in [0.5, 0.6) is 5.75 Å². The molecular weight excluding hydrogens is 440 g/mol. The second kappa shape index (κ2) is 7.57. The Morgan fingerprint density at radius 1 is 1.20 bits per heavy atom. The standard InChI is InChI=1S/C21H18N2O4S3/c1-4-27-14-8-5-12(6-9-14)19(24)22-16-10-7-13(23(25)26)11-15(16)17-18(21(22,2)3)29-30-20(17)28/h5-11H,4H2,1-3H3. The van der Waals surface area contributed by atoms with Crippen molar-refractivity contribution in [3.8, 4) is 16.9 Å². The number of ether oxygens (including phenoxy) is 1. The van der Waals surface area contributed by atoms with Crippen LogP contribution in [0.3, 0.4) is 0 Å². The van der Waals surface area contributed by atoms with Crippen molar-refractivity contribution in [3.05, 3.63) is 66.8 Å². The third kappa shape index (κ3) is 3.23. The normalized spacial score (nSPS) is 14.0. The van der Waals surface area contributed by atoms with E-state index in [-0.39, 0.29) is 11.6 Å². The molecule has 0 N–H and O–H groups in total. The summed E-state index contributed by atoms with van der Waals surface area (Å²) >= 11 is 5.54. The van der Waals surface area contributed by atoms with Crippen LogP contribution in [0.1, 0.15) is 36.0 Å². The minimum atomic E-state index is -0.660. The number of nitro groups is 1. The van der Waals surface area contributed by atoms with E-state index in [0.717, 1.165) is 10.4 Å².